The molecule has 1 atom stereocenters. The fraction of sp³-hybridized carbons (Fsp3) is 0.316. The number of carbonyl (C=O) groups excluding carboxylic acids is 1. The van der Waals surface area contributed by atoms with Crippen molar-refractivity contribution in [3.05, 3.63) is 54.1 Å². The molecule has 2 aromatic rings. The third-order valence-corrected chi connectivity index (χ3v) is 4.12. The van der Waals surface area contributed by atoms with Crippen molar-refractivity contribution in [1.82, 2.24) is 10.6 Å². The maximum atomic E-state index is 12.0. The zero-order valence-electron chi connectivity index (χ0n) is 13.7. The Labute approximate surface area is 142 Å². The first-order valence-corrected chi connectivity index (χ1v) is 8.14. The third-order valence-electron chi connectivity index (χ3n) is 4.12. The van der Waals surface area contributed by atoms with Gasteiger partial charge >= 0.3 is 0 Å². The predicted molar refractivity (Wildman–Crippen MR) is 92.3 cm³/mol. The highest BCUT2D eigenvalue weighted by Gasteiger charge is 2.21. The summed E-state index contributed by atoms with van der Waals surface area (Å²) in [5, 5.41) is 6.19. The number of nitrogens with one attached hydrogen (secondary N) is 2. The minimum absolute atomic E-state index is 0.0955. The highest BCUT2D eigenvalue weighted by atomic mass is 16.5. The highest BCUT2D eigenvalue weighted by Crippen LogP contribution is 2.30. The van der Waals surface area contributed by atoms with Crippen molar-refractivity contribution >= 4 is 5.91 Å². The normalized spacial score (nSPS) is 16.6. The number of hydrogen-bond acceptors (Lipinski definition) is 4. The van der Waals surface area contributed by atoms with E-state index in [2.05, 4.69) is 10.6 Å². The first-order valence-electron chi connectivity index (χ1n) is 8.14. The summed E-state index contributed by atoms with van der Waals surface area (Å²) in [5.74, 6) is 2.32. The molecule has 24 heavy (non-hydrogen) atoms. The Morgan fingerprint density at radius 2 is 1.92 bits per heavy atom. The zero-order valence-corrected chi connectivity index (χ0v) is 13.7. The van der Waals surface area contributed by atoms with Crippen LogP contribution in [0.1, 0.15) is 12.0 Å². The van der Waals surface area contributed by atoms with Crippen molar-refractivity contribution in [1.29, 1.82) is 0 Å². The van der Waals surface area contributed by atoms with E-state index in [1.165, 1.54) is 0 Å². The maximum absolute atomic E-state index is 12.0. The van der Waals surface area contributed by atoms with E-state index in [9.17, 15) is 4.79 Å². The Morgan fingerprint density at radius 1 is 1.17 bits per heavy atom. The molecule has 0 unspecified atom stereocenters. The molecule has 3 rings (SSSR count). The Balaban J connectivity index is 1.56. The molecular formula is C19H22N2O3. The van der Waals surface area contributed by atoms with Crippen molar-refractivity contribution in [2.75, 3.05) is 20.2 Å². The fourth-order valence-electron chi connectivity index (χ4n) is 2.72. The molecule has 1 heterocycles. The van der Waals surface area contributed by atoms with E-state index < -0.39 is 0 Å². The molecule has 0 bridgehead atoms. The number of hydrogen-bond donors (Lipinski definition) is 2. The molecule has 1 amide bonds. The lowest BCUT2D eigenvalue weighted by Gasteiger charge is -2.12. The molecule has 1 fully saturated rings. The van der Waals surface area contributed by atoms with Crippen molar-refractivity contribution in [3.8, 4) is 17.2 Å². The second kappa shape index (κ2) is 7.84. The molecule has 126 valence electrons. The molecular weight excluding hydrogens is 304 g/mol. The van der Waals surface area contributed by atoms with Crippen LogP contribution in [0.15, 0.2) is 48.5 Å². The maximum Gasteiger partial charge on any atom is 0.224 e. The van der Waals surface area contributed by atoms with Gasteiger partial charge in [-0.25, -0.2) is 0 Å². The second-order valence-corrected chi connectivity index (χ2v) is 5.80. The molecule has 2 aromatic carbocycles. The summed E-state index contributed by atoms with van der Waals surface area (Å²) in [5.41, 5.74) is 1.04. The van der Waals surface area contributed by atoms with Gasteiger partial charge in [0.2, 0.25) is 5.91 Å². The average Bonchev–Trinajstić information content (AvgIpc) is 3.16. The van der Waals surface area contributed by atoms with Crippen molar-refractivity contribution in [2.45, 2.75) is 13.0 Å². The number of carbonyl (C=O) groups is 1. The summed E-state index contributed by atoms with van der Waals surface area (Å²) < 4.78 is 11.1. The highest BCUT2D eigenvalue weighted by molar-refractivity contribution is 5.79. The van der Waals surface area contributed by atoms with Gasteiger partial charge in [0.1, 0.15) is 5.75 Å². The summed E-state index contributed by atoms with van der Waals surface area (Å²) >= 11 is 0. The van der Waals surface area contributed by atoms with Gasteiger partial charge in [-0.15, -0.1) is 0 Å². The van der Waals surface area contributed by atoms with Gasteiger partial charge in [0.25, 0.3) is 0 Å². The van der Waals surface area contributed by atoms with E-state index in [0.29, 0.717) is 18.0 Å². The minimum Gasteiger partial charge on any atom is -0.493 e. The Morgan fingerprint density at radius 3 is 2.58 bits per heavy atom. The van der Waals surface area contributed by atoms with Crippen LogP contribution in [0.2, 0.25) is 0 Å². The van der Waals surface area contributed by atoms with Crippen molar-refractivity contribution < 1.29 is 14.3 Å². The van der Waals surface area contributed by atoms with Gasteiger partial charge in [-0.05, 0) is 42.8 Å². The molecule has 0 spiro atoms. The largest absolute Gasteiger partial charge is 0.493 e. The SMILES string of the molecule is COc1ccccc1Oc1ccc(CNC(=O)[C@H]2CCNC2)cc1. The summed E-state index contributed by atoms with van der Waals surface area (Å²) in [6.45, 7) is 2.23. The van der Waals surface area contributed by atoms with E-state index in [-0.39, 0.29) is 11.8 Å². The lowest BCUT2D eigenvalue weighted by molar-refractivity contribution is -0.124. The number of methoxy groups -OCH3 is 1. The van der Waals surface area contributed by atoms with Crippen LogP contribution in [0, 0.1) is 5.92 Å². The van der Waals surface area contributed by atoms with E-state index in [4.69, 9.17) is 9.47 Å². The molecule has 2 N–H and O–H groups in total. The number of para-hydroxylation sites is 2. The number of ether oxygens (including phenoxy) is 2. The molecule has 5 heteroatoms. The Bertz CT molecular complexity index is 679. The number of rotatable bonds is 6. The van der Waals surface area contributed by atoms with E-state index in [0.717, 1.165) is 30.8 Å². The first-order chi connectivity index (χ1) is 11.8. The van der Waals surface area contributed by atoms with Crippen LogP contribution in [0.25, 0.3) is 0 Å². The van der Waals surface area contributed by atoms with Gasteiger partial charge in [0, 0.05) is 13.1 Å². The van der Waals surface area contributed by atoms with Crippen molar-refractivity contribution in [3.63, 3.8) is 0 Å². The van der Waals surface area contributed by atoms with Gasteiger partial charge in [-0.1, -0.05) is 24.3 Å². The standard InChI is InChI=1S/C19H22N2O3/c1-23-17-4-2-3-5-18(17)24-16-8-6-14(7-9-16)12-21-19(22)15-10-11-20-13-15/h2-9,15,20H,10-13H2,1H3,(H,21,22)/t15-/m0/s1. The van der Waals surface area contributed by atoms with Crippen LogP contribution in [-0.2, 0) is 11.3 Å². The quantitative estimate of drug-likeness (QED) is 0.857. The predicted octanol–water partition coefficient (Wildman–Crippen LogP) is 2.71. The number of benzene rings is 2. The Kier molecular flexibility index (Phi) is 5.33. The van der Waals surface area contributed by atoms with Crippen LogP contribution < -0.4 is 20.1 Å². The zero-order chi connectivity index (χ0) is 16.8. The smallest absolute Gasteiger partial charge is 0.224 e. The van der Waals surface area contributed by atoms with Crippen LogP contribution in [0.3, 0.4) is 0 Å². The summed E-state index contributed by atoms with van der Waals surface area (Å²) in [7, 11) is 1.62. The van der Waals surface area contributed by atoms with E-state index >= 15 is 0 Å². The topological polar surface area (TPSA) is 59.6 Å². The van der Waals surface area contributed by atoms with Crippen LogP contribution in [0.4, 0.5) is 0 Å². The van der Waals surface area contributed by atoms with Gasteiger partial charge in [0.15, 0.2) is 11.5 Å². The average molecular weight is 326 g/mol. The first kappa shape index (κ1) is 16.3. The molecule has 0 aromatic heterocycles. The number of amides is 1. The molecule has 1 aliphatic heterocycles. The molecule has 0 saturated carbocycles. The molecule has 1 saturated heterocycles. The van der Waals surface area contributed by atoms with E-state index in [1.807, 2.05) is 48.5 Å². The summed E-state index contributed by atoms with van der Waals surface area (Å²) in [4.78, 5) is 12.0. The van der Waals surface area contributed by atoms with Gasteiger partial charge in [-0.3, -0.25) is 4.79 Å². The molecule has 0 radical (unpaired) electrons. The van der Waals surface area contributed by atoms with E-state index in [1.54, 1.807) is 7.11 Å². The van der Waals surface area contributed by atoms with Crippen molar-refractivity contribution in [2.24, 2.45) is 5.92 Å². The fourth-order valence-corrected chi connectivity index (χ4v) is 2.72. The summed E-state index contributed by atoms with van der Waals surface area (Å²) in [6, 6.07) is 15.2. The second-order valence-electron chi connectivity index (χ2n) is 5.80. The van der Waals surface area contributed by atoms with Crippen LogP contribution in [0.5, 0.6) is 17.2 Å². The minimum atomic E-state index is 0.0955. The van der Waals surface area contributed by atoms with Gasteiger partial charge in [-0.2, -0.15) is 0 Å². The van der Waals surface area contributed by atoms with Gasteiger partial charge < -0.3 is 20.1 Å². The monoisotopic (exact) mass is 326 g/mol. The molecule has 0 aliphatic carbocycles. The summed E-state index contributed by atoms with van der Waals surface area (Å²) in [6.07, 6.45) is 0.914. The van der Waals surface area contributed by atoms with Gasteiger partial charge in [0.05, 0.1) is 13.0 Å². The lowest BCUT2D eigenvalue weighted by Crippen LogP contribution is -2.31. The lowest BCUT2D eigenvalue weighted by atomic mass is 10.1. The third kappa shape index (κ3) is 4.06. The van der Waals surface area contributed by atoms with Crippen LogP contribution in [-0.4, -0.2) is 26.1 Å². The molecule has 1 aliphatic rings. The Hall–Kier alpha value is -2.53. The molecule has 5 nitrogen and oxygen atoms in total. The van der Waals surface area contributed by atoms with Crippen LogP contribution >= 0.6 is 0 Å².